The van der Waals surface area contributed by atoms with Crippen LogP contribution in [0, 0.1) is 5.92 Å². The van der Waals surface area contributed by atoms with Gasteiger partial charge in [-0.1, -0.05) is 49.0 Å². The summed E-state index contributed by atoms with van der Waals surface area (Å²) in [6.07, 6.45) is 14.6. The summed E-state index contributed by atoms with van der Waals surface area (Å²) in [6.45, 7) is 9.94. The van der Waals surface area contributed by atoms with Gasteiger partial charge in [0.1, 0.15) is 0 Å². The van der Waals surface area contributed by atoms with E-state index in [9.17, 15) is 0 Å². The van der Waals surface area contributed by atoms with Gasteiger partial charge in [0.25, 0.3) is 0 Å². The fraction of sp³-hybridized carbons (Fsp3) is 0.467. The highest BCUT2D eigenvalue weighted by Crippen LogP contribution is 2.06. The van der Waals surface area contributed by atoms with Crippen LogP contribution in [0.2, 0.25) is 0 Å². The van der Waals surface area contributed by atoms with Crippen molar-refractivity contribution in [2.24, 2.45) is 11.7 Å². The van der Waals surface area contributed by atoms with E-state index in [-0.39, 0.29) is 6.04 Å². The van der Waals surface area contributed by atoms with Gasteiger partial charge < -0.3 is 5.73 Å². The van der Waals surface area contributed by atoms with Gasteiger partial charge in [0, 0.05) is 6.04 Å². The van der Waals surface area contributed by atoms with Crippen molar-refractivity contribution in [3.05, 3.63) is 48.6 Å². The molecule has 1 aliphatic rings. The quantitative estimate of drug-likeness (QED) is 0.713. The van der Waals surface area contributed by atoms with Gasteiger partial charge >= 0.3 is 0 Å². The van der Waals surface area contributed by atoms with E-state index in [1.54, 1.807) is 0 Å². The SMILES string of the molecule is C=CC(C)C/C=C\C.CC1=CC(N)CC=C1. The molecule has 0 heterocycles. The van der Waals surface area contributed by atoms with Gasteiger partial charge in [-0.15, -0.1) is 6.58 Å². The van der Waals surface area contributed by atoms with E-state index >= 15 is 0 Å². The second kappa shape index (κ2) is 9.17. The summed E-state index contributed by atoms with van der Waals surface area (Å²) in [5.41, 5.74) is 6.88. The molecule has 0 aromatic rings. The number of allylic oxidation sites excluding steroid dienone is 5. The zero-order valence-electron chi connectivity index (χ0n) is 10.8. The molecule has 0 aromatic carbocycles. The Morgan fingerprint density at radius 1 is 1.62 bits per heavy atom. The van der Waals surface area contributed by atoms with Crippen LogP contribution in [0.25, 0.3) is 0 Å². The van der Waals surface area contributed by atoms with Crippen LogP contribution >= 0.6 is 0 Å². The van der Waals surface area contributed by atoms with Gasteiger partial charge in [0.2, 0.25) is 0 Å². The molecular formula is C15H25N. The van der Waals surface area contributed by atoms with Gasteiger partial charge in [-0.25, -0.2) is 0 Å². The summed E-state index contributed by atoms with van der Waals surface area (Å²) in [7, 11) is 0. The van der Waals surface area contributed by atoms with Crippen LogP contribution < -0.4 is 5.73 Å². The summed E-state index contributed by atoms with van der Waals surface area (Å²) in [4.78, 5) is 0. The molecule has 0 aliphatic heterocycles. The molecule has 1 nitrogen and oxygen atoms in total. The van der Waals surface area contributed by atoms with Crippen molar-refractivity contribution in [1.82, 2.24) is 0 Å². The van der Waals surface area contributed by atoms with Crippen LogP contribution in [0.15, 0.2) is 48.6 Å². The lowest BCUT2D eigenvalue weighted by Gasteiger charge is -2.07. The molecule has 0 bridgehead atoms. The standard InChI is InChI=1S/C8H14.C7H11N/c1-4-6-7-8(3)5-2;1-6-3-2-4-7(8)5-6/h4-6,8H,2,7H2,1,3H3;2-3,5,7H,4,8H2,1H3/b6-4-;. The first kappa shape index (κ1) is 14.9. The summed E-state index contributed by atoms with van der Waals surface area (Å²) >= 11 is 0. The largest absolute Gasteiger partial charge is 0.324 e. The summed E-state index contributed by atoms with van der Waals surface area (Å²) < 4.78 is 0. The fourth-order valence-electron chi connectivity index (χ4n) is 1.32. The minimum atomic E-state index is 0.264. The third-order valence-electron chi connectivity index (χ3n) is 2.41. The Morgan fingerprint density at radius 3 is 2.69 bits per heavy atom. The molecular weight excluding hydrogens is 194 g/mol. The molecule has 0 spiro atoms. The molecule has 0 radical (unpaired) electrons. The zero-order valence-corrected chi connectivity index (χ0v) is 10.8. The summed E-state index contributed by atoms with van der Waals surface area (Å²) in [5, 5.41) is 0. The molecule has 2 atom stereocenters. The van der Waals surface area contributed by atoms with E-state index in [2.05, 4.69) is 50.8 Å². The third kappa shape index (κ3) is 8.25. The highest BCUT2D eigenvalue weighted by Gasteiger charge is 1.98. The lowest BCUT2D eigenvalue weighted by molar-refractivity contribution is 0.746. The van der Waals surface area contributed by atoms with Crippen molar-refractivity contribution in [1.29, 1.82) is 0 Å². The van der Waals surface area contributed by atoms with Gasteiger partial charge in [0.15, 0.2) is 0 Å². The lowest BCUT2D eigenvalue weighted by atomic mass is 10.1. The Bertz CT molecular complexity index is 271. The zero-order chi connectivity index (χ0) is 12.4. The molecule has 2 unspecified atom stereocenters. The van der Waals surface area contributed by atoms with Gasteiger partial charge in [-0.3, -0.25) is 0 Å². The third-order valence-corrected chi connectivity index (χ3v) is 2.41. The Balaban J connectivity index is 0.000000281. The van der Waals surface area contributed by atoms with Crippen molar-refractivity contribution in [3.8, 4) is 0 Å². The number of nitrogens with two attached hydrogens (primary N) is 1. The van der Waals surface area contributed by atoms with Crippen molar-refractivity contribution >= 4 is 0 Å². The Labute approximate surface area is 100 Å². The van der Waals surface area contributed by atoms with Crippen molar-refractivity contribution < 1.29 is 0 Å². The molecule has 0 fully saturated rings. The number of hydrogen-bond donors (Lipinski definition) is 1. The molecule has 1 aliphatic carbocycles. The second-order valence-corrected chi connectivity index (χ2v) is 4.23. The second-order valence-electron chi connectivity index (χ2n) is 4.23. The lowest BCUT2D eigenvalue weighted by Crippen LogP contribution is -2.17. The van der Waals surface area contributed by atoms with E-state index in [4.69, 9.17) is 5.73 Å². The highest BCUT2D eigenvalue weighted by molar-refractivity contribution is 5.22. The van der Waals surface area contributed by atoms with Crippen molar-refractivity contribution in [2.45, 2.75) is 39.7 Å². The minimum absolute atomic E-state index is 0.264. The molecule has 0 saturated carbocycles. The normalized spacial score (nSPS) is 21.0. The Kier molecular flexibility index (Phi) is 8.55. The first-order valence-electron chi connectivity index (χ1n) is 5.94. The topological polar surface area (TPSA) is 26.0 Å². The first-order valence-corrected chi connectivity index (χ1v) is 5.94. The summed E-state index contributed by atoms with van der Waals surface area (Å²) in [6, 6.07) is 0.264. The molecule has 0 aromatic heterocycles. The van der Waals surface area contributed by atoms with Crippen molar-refractivity contribution in [2.75, 3.05) is 0 Å². The van der Waals surface area contributed by atoms with E-state index in [1.807, 2.05) is 13.0 Å². The highest BCUT2D eigenvalue weighted by atomic mass is 14.6. The van der Waals surface area contributed by atoms with Crippen LogP contribution in [-0.2, 0) is 0 Å². The van der Waals surface area contributed by atoms with Crippen LogP contribution in [0.5, 0.6) is 0 Å². The Hall–Kier alpha value is -1.08. The smallest absolute Gasteiger partial charge is 0.0264 e. The maximum absolute atomic E-state index is 5.60. The predicted molar refractivity (Wildman–Crippen MR) is 74.3 cm³/mol. The number of rotatable bonds is 3. The monoisotopic (exact) mass is 219 g/mol. The Morgan fingerprint density at radius 2 is 2.31 bits per heavy atom. The minimum Gasteiger partial charge on any atom is -0.324 e. The molecule has 1 heteroatoms. The summed E-state index contributed by atoms with van der Waals surface area (Å²) in [5.74, 6) is 0.631. The van der Waals surface area contributed by atoms with Crippen molar-refractivity contribution in [3.63, 3.8) is 0 Å². The average Bonchev–Trinajstić information content (AvgIpc) is 2.26. The molecule has 16 heavy (non-hydrogen) atoms. The average molecular weight is 219 g/mol. The van der Waals surface area contributed by atoms with Gasteiger partial charge in [-0.05, 0) is 32.6 Å². The van der Waals surface area contributed by atoms with E-state index in [0.717, 1.165) is 12.8 Å². The van der Waals surface area contributed by atoms with E-state index in [0.29, 0.717) is 5.92 Å². The fourth-order valence-corrected chi connectivity index (χ4v) is 1.32. The van der Waals surface area contributed by atoms with Gasteiger partial charge in [0.05, 0.1) is 0 Å². The predicted octanol–water partition coefficient (Wildman–Crippen LogP) is 3.99. The maximum Gasteiger partial charge on any atom is 0.0264 e. The van der Waals surface area contributed by atoms with Crippen LogP contribution in [0.4, 0.5) is 0 Å². The molecule has 90 valence electrons. The first-order chi connectivity index (χ1) is 7.60. The maximum atomic E-state index is 5.60. The van der Waals surface area contributed by atoms with E-state index < -0.39 is 0 Å². The molecule has 1 rings (SSSR count). The van der Waals surface area contributed by atoms with Gasteiger partial charge in [-0.2, -0.15) is 0 Å². The van der Waals surface area contributed by atoms with Crippen LogP contribution in [-0.4, -0.2) is 6.04 Å². The molecule has 2 N–H and O–H groups in total. The van der Waals surface area contributed by atoms with Crippen LogP contribution in [0.3, 0.4) is 0 Å². The van der Waals surface area contributed by atoms with Crippen LogP contribution in [0.1, 0.15) is 33.6 Å². The number of hydrogen-bond acceptors (Lipinski definition) is 1. The molecule has 0 saturated heterocycles. The van der Waals surface area contributed by atoms with E-state index in [1.165, 1.54) is 5.57 Å². The molecule has 0 amide bonds.